The summed E-state index contributed by atoms with van der Waals surface area (Å²) in [5.41, 5.74) is 4.02. The van der Waals surface area contributed by atoms with Crippen LogP contribution in [-0.4, -0.2) is 17.6 Å². The highest BCUT2D eigenvalue weighted by molar-refractivity contribution is 5.93. The average molecular weight is 324 g/mol. The van der Waals surface area contributed by atoms with Crippen LogP contribution >= 0.6 is 0 Å². The zero-order valence-electron chi connectivity index (χ0n) is 14.6. The van der Waals surface area contributed by atoms with Gasteiger partial charge in [0.05, 0.1) is 13.2 Å². The van der Waals surface area contributed by atoms with Crippen LogP contribution in [0.5, 0.6) is 11.6 Å². The molecule has 1 aromatic heterocycles. The van der Waals surface area contributed by atoms with Gasteiger partial charge in [0.25, 0.3) is 0 Å². The Morgan fingerprint density at radius 2 is 1.79 bits per heavy atom. The lowest BCUT2D eigenvalue weighted by Gasteiger charge is -2.15. The fraction of sp³-hybridized carbons (Fsp3) is 0.316. The van der Waals surface area contributed by atoms with Crippen molar-refractivity contribution in [2.75, 3.05) is 6.61 Å². The van der Waals surface area contributed by atoms with Gasteiger partial charge in [-0.3, -0.25) is 0 Å². The Hall–Kier alpha value is -2.87. The van der Waals surface area contributed by atoms with Gasteiger partial charge in [0.1, 0.15) is 11.3 Å². The van der Waals surface area contributed by atoms with Crippen molar-refractivity contribution in [2.24, 2.45) is 0 Å². The highest BCUT2D eigenvalue weighted by Gasteiger charge is 2.20. The first kappa shape index (κ1) is 17.5. The van der Waals surface area contributed by atoms with Crippen LogP contribution in [0.25, 0.3) is 4.85 Å². The number of aryl methyl sites for hydroxylation is 4. The van der Waals surface area contributed by atoms with E-state index in [0.717, 1.165) is 16.7 Å². The van der Waals surface area contributed by atoms with Crippen LogP contribution in [0.2, 0.25) is 0 Å². The molecule has 0 N–H and O–H groups in total. The number of hydrogen-bond donors (Lipinski definition) is 0. The number of esters is 1. The number of benzene rings is 1. The zero-order valence-corrected chi connectivity index (χ0v) is 14.6. The van der Waals surface area contributed by atoms with Crippen LogP contribution in [0.4, 0.5) is 5.69 Å². The molecule has 2 aromatic rings. The molecule has 5 heteroatoms. The lowest BCUT2D eigenvalue weighted by Crippen LogP contribution is -2.09. The minimum absolute atomic E-state index is 0.160. The summed E-state index contributed by atoms with van der Waals surface area (Å²) >= 11 is 0. The van der Waals surface area contributed by atoms with E-state index in [4.69, 9.17) is 16.0 Å². The molecule has 0 saturated heterocycles. The molecule has 0 spiro atoms. The maximum atomic E-state index is 12.2. The molecule has 5 nitrogen and oxygen atoms in total. The molecule has 0 unspecified atom stereocenters. The first-order chi connectivity index (χ1) is 11.4. The SMILES string of the molecule is [C-]#[N+]c1cc(C(=O)OCC)c(Oc2c(C)cc(C)cc2C)nc1C. The summed E-state index contributed by atoms with van der Waals surface area (Å²) in [6, 6.07) is 5.49. The molecule has 24 heavy (non-hydrogen) atoms. The molecule has 0 saturated carbocycles. The van der Waals surface area contributed by atoms with Gasteiger partial charge in [-0.2, -0.15) is 0 Å². The Labute approximate surface area is 142 Å². The Kier molecular flexibility index (Phi) is 5.20. The van der Waals surface area contributed by atoms with Crippen molar-refractivity contribution in [3.63, 3.8) is 0 Å². The summed E-state index contributed by atoms with van der Waals surface area (Å²) in [6.45, 7) is 16.8. The Balaban J connectivity index is 2.56. The van der Waals surface area contributed by atoms with Crippen molar-refractivity contribution in [3.05, 3.63) is 57.6 Å². The highest BCUT2D eigenvalue weighted by atomic mass is 16.5. The lowest BCUT2D eigenvalue weighted by atomic mass is 10.1. The van der Waals surface area contributed by atoms with Gasteiger partial charge in [-0.1, -0.05) is 17.7 Å². The molecular weight excluding hydrogens is 304 g/mol. The van der Waals surface area contributed by atoms with E-state index in [1.807, 2.05) is 32.9 Å². The van der Waals surface area contributed by atoms with Crippen molar-refractivity contribution < 1.29 is 14.3 Å². The predicted molar refractivity (Wildman–Crippen MR) is 91.9 cm³/mol. The normalized spacial score (nSPS) is 10.2. The molecule has 1 aromatic carbocycles. The standard InChI is InChI=1S/C19H20N2O3/c1-7-23-19(22)15-10-16(20-6)14(5)21-18(15)24-17-12(3)8-11(2)9-13(17)4/h8-10H,7H2,1-5H3. The first-order valence-electron chi connectivity index (χ1n) is 7.69. The quantitative estimate of drug-likeness (QED) is 0.597. The van der Waals surface area contributed by atoms with E-state index >= 15 is 0 Å². The van der Waals surface area contributed by atoms with Crippen LogP contribution in [0, 0.1) is 34.3 Å². The maximum Gasteiger partial charge on any atom is 0.342 e. The second-order valence-electron chi connectivity index (χ2n) is 5.61. The van der Waals surface area contributed by atoms with Crippen LogP contribution in [0.15, 0.2) is 18.2 Å². The largest absolute Gasteiger partial charge is 0.462 e. The number of nitrogens with zero attached hydrogens (tertiary/aromatic N) is 2. The molecule has 0 atom stereocenters. The van der Waals surface area contributed by atoms with Crippen molar-refractivity contribution >= 4 is 11.7 Å². The summed E-state index contributed by atoms with van der Waals surface area (Å²) in [5.74, 6) is 0.273. The minimum atomic E-state index is -0.549. The van der Waals surface area contributed by atoms with Gasteiger partial charge in [-0.25, -0.2) is 14.6 Å². The molecular formula is C19H20N2O3. The van der Waals surface area contributed by atoms with E-state index in [1.165, 1.54) is 6.07 Å². The van der Waals surface area contributed by atoms with Gasteiger partial charge < -0.3 is 9.47 Å². The molecule has 0 amide bonds. The molecule has 0 aliphatic carbocycles. The number of carbonyl (C=O) groups excluding carboxylic acids is 1. The number of hydrogen-bond acceptors (Lipinski definition) is 4. The van der Waals surface area contributed by atoms with Gasteiger partial charge >= 0.3 is 5.97 Å². The van der Waals surface area contributed by atoms with Crippen molar-refractivity contribution in [2.45, 2.75) is 34.6 Å². The monoisotopic (exact) mass is 324 g/mol. The Bertz CT molecular complexity index is 812. The van der Waals surface area contributed by atoms with Crippen molar-refractivity contribution in [3.8, 4) is 11.6 Å². The molecule has 0 bridgehead atoms. The second kappa shape index (κ2) is 7.14. The molecule has 1 heterocycles. The fourth-order valence-electron chi connectivity index (χ4n) is 2.54. The molecule has 0 aliphatic heterocycles. The number of pyridine rings is 1. The van der Waals surface area contributed by atoms with E-state index in [0.29, 0.717) is 17.1 Å². The third kappa shape index (κ3) is 3.54. The fourth-order valence-corrected chi connectivity index (χ4v) is 2.54. The highest BCUT2D eigenvalue weighted by Crippen LogP contribution is 2.33. The van der Waals surface area contributed by atoms with E-state index in [2.05, 4.69) is 9.83 Å². The summed E-state index contributed by atoms with van der Waals surface area (Å²) in [7, 11) is 0. The number of carbonyl (C=O) groups is 1. The van der Waals surface area contributed by atoms with Crippen molar-refractivity contribution in [1.82, 2.24) is 4.98 Å². The molecule has 124 valence electrons. The Morgan fingerprint density at radius 1 is 1.17 bits per heavy atom. The van der Waals surface area contributed by atoms with E-state index < -0.39 is 5.97 Å². The van der Waals surface area contributed by atoms with Crippen LogP contribution < -0.4 is 4.74 Å². The smallest absolute Gasteiger partial charge is 0.342 e. The van der Waals surface area contributed by atoms with Crippen molar-refractivity contribution in [1.29, 1.82) is 0 Å². The lowest BCUT2D eigenvalue weighted by molar-refractivity contribution is 0.0522. The van der Waals surface area contributed by atoms with Crippen LogP contribution in [-0.2, 0) is 4.74 Å². The van der Waals surface area contributed by atoms with Crippen LogP contribution in [0.3, 0.4) is 0 Å². The Morgan fingerprint density at radius 3 is 2.33 bits per heavy atom. The summed E-state index contributed by atoms with van der Waals surface area (Å²) < 4.78 is 11.0. The summed E-state index contributed by atoms with van der Waals surface area (Å²) in [4.78, 5) is 19.9. The van der Waals surface area contributed by atoms with E-state index in [-0.39, 0.29) is 18.1 Å². The van der Waals surface area contributed by atoms with Gasteiger partial charge in [0.15, 0.2) is 0 Å². The minimum Gasteiger partial charge on any atom is -0.462 e. The number of ether oxygens (including phenoxy) is 2. The maximum absolute atomic E-state index is 12.2. The van der Waals surface area contributed by atoms with E-state index in [9.17, 15) is 4.79 Å². The molecule has 0 fully saturated rings. The molecule has 0 radical (unpaired) electrons. The topological polar surface area (TPSA) is 52.8 Å². The van der Waals surface area contributed by atoms with Gasteiger partial charge in [-0.05, 0) is 51.8 Å². The summed E-state index contributed by atoms with van der Waals surface area (Å²) in [5, 5.41) is 0. The second-order valence-corrected chi connectivity index (χ2v) is 5.61. The third-order valence-corrected chi connectivity index (χ3v) is 3.57. The van der Waals surface area contributed by atoms with Gasteiger partial charge in [0, 0.05) is 5.69 Å². The molecule has 0 aliphatic rings. The number of aromatic nitrogens is 1. The van der Waals surface area contributed by atoms with Gasteiger partial charge in [0.2, 0.25) is 11.6 Å². The zero-order chi connectivity index (χ0) is 17.9. The number of rotatable bonds is 4. The predicted octanol–water partition coefficient (Wildman–Crippen LogP) is 4.84. The van der Waals surface area contributed by atoms with E-state index in [1.54, 1.807) is 13.8 Å². The average Bonchev–Trinajstić information content (AvgIpc) is 2.51. The first-order valence-corrected chi connectivity index (χ1v) is 7.69. The van der Waals surface area contributed by atoms with Crippen LogP contribution in [0.1, 0.15) is 39.7 Å². The summed E-state index contributed by atoms with van der Waals surface area (Å²) in [6.07, 6.45) is 0. The molecule has 2 rings (SSSR count). The third-order valence-electron chi connectivity index (χ3n) is 3.57. The van der Waals surface area contributed by atoms with Gasteiger partial charge in [-0.15, -0.1) is 0 Å².